The van der Waals surface area contributed by atoms with Crippen LogP contribution >= 0.6 is 0 Å². The van der Waals surface area contributed by atoms with Gasteiger partial charge in [0.25, 0.3) is 0 Å². The fraction of sp³-hybridized carbons (Fsp3) is 0.429. The summed E-state index contributed by atoms with van der Waals surface area (Å²) in [5.74, 6) is 0.956. The third-order valence-corrected chi connectivity index (χ3v) is 5.30. The highest BCUT2D eigenvalue weighted by atomic mass is 15.3. The molecular weight excluding hydrogens is 322 g/mol. The molecule has 1 aliphatic rings. The van der Waals surface area contributed by atoms with Crippen LogP contribution in [0.4, 0.5) is 0 Å². The normalized spacial score (nSPS) is 15.5. The molecule has 26 heavy (non-hydrogen) atoms. The summed E-state index contributed by atoms with van der Waals surface area (Å²) >= 11 is 0. The molecule has 0 spiro atoms. The van der Waals surface area contributed by atoms with E-state index in [1.807, 2.05) is 6.20 Å². The number of fused-ring (bicyclic) bond motifs is 1. The Bertz CT molecular complexity index is 882. The van der Waals surface area contributed by atoms with E-state index in [4.69, 9.17) is 5.10 Å². The van der Waals surface area contributed by atoms with Crippen molar-refractivity contribution in [1.82, 2.24) is 24.6 Å². The molecular formula is C21H27N5. The van der Waals surface area contributed by atoms with Crippen LogP contribution < -0.4 is 5.32 Å². The van der Waals surface area contributed by atoms with Gasteiger partial charge in [-0.15, -0.1) is 0 Å². The van der Waals surface area contributed by atoms with Crippen molar-refractivity contribution < 1.29 is 0 Å². The van der Waals surface area contributed by atoms with Crippen molar-refractivity contribution in [3.05, 3.63) is 59.0 Å². The van der Waals surface area contributed by atoms with Gasteiger partial charge in [-0.05, 0) is 50.4 Å². The minimum atomic E-state index is 0.271. The lowest BCUT2D eigenvalue weighted by Gasteiger charge is -2.21. The third kappa shape index (κ3) is 3.07. The standard InChI is InChI=1S/C21H27N5/c1-4-20(18-7-6-15(2)12-16(18)3)25-11-9-23-21(25)19-13-17-14-22-8-5-10-26(17)24-19/h6-7,9,11-13,20,22H,4-5,8,10,14H2,1-3H3/t20-/m0/s1. The number of imidazole rings is 1. The Balaban J connectivity index is 1.74. The van der Waals surface area contributed by atoms with Gasteiger partial charge >= 0.3 is 0 Å². The van der Waals surface area contributed by atoms with Crippen molar-refractivity contribution in [2.45, 2.75) is 52.7 Å². The molecule has 1 aromatic carbocycles. The highest BCUT2D eigenvalue weighted by Crippen LogP contribution is 2.30. The predicted molar refractivity (Wildman–Crippen MR) is 104 cm³/mol. The van der Waals surface area contributed by atoms with Gasteiger partial charge in [-0.3, -0.25) is 4.68 Å². The molecule has 2 aromatic heterocycles. The lowest BCUT2D eigenvalue weighted by atomic mass is 9.97. The van der Waals surface area contributed by atoms with Gasteiger partial charge in [-0.25, -0.2) is 4.98 Å². The van der Waals surface area contributed by atoms with Gasteiger partial charge < -0.3 is 9.88 Å². The average Bonchev–Trinajstić information content (AvgIpc) is 3.20. The summed E-state index contributed by atoms with van der Waals surface area (Å²) in [4.78, 5) is 4.66. The van der Waals surface area contributed by atoms with Crippen molar-refractivity contribution in [1.29, 1.82) is 0 Å². The lowest BCUT2D eigenvalue weighted by Crippen LogP contribution is -2.12. The minimum absolute atomic E-state index is 0.271. The van der Waals surface area contributed by atoms with Gasteiger partial charge in [-0.1, -0.05) is 30.7 Å². The number of hydrogen-bond acceptors (Lipinski definition) is 3. The molecule has 3 heterocycles. The van der Waals surface area contributed by atoms with Gasteiger partial charge in [0.15, 0.2) is 5.82 Å². The summed E-state index contributed by atoms with van der Waals surface area (Å²) < 4.78 is 4.42. The average molecular weight is 349 g/mol. The van der Waals surface area contributed by atoms with Crippen LogP contribution in [0.15, 0.2) is 36.7 Å². The second kappa shape index (κ2) is 7.08. The molecule has 0 fully saturated rings. The first-order chi connectivity index (χ1) is 12.7. The Kier molecular flexibility index (Phi) is 4.64. The van der Waals surface area contributed by atoms with Crippen molar-refractivity contribution in [2.24, 2.45) is 0 Å². The van der Waals surface area contributed by atoms with E-state index in [1.165, 1.54) is 22.4 Å². The smallest absolute Gasteiger partial charge is 0.161 e. The molecule has 1 aliphatic heterocycles. The predicted octanol–water partition coefficient (Wildman–Crippen LogP) is 3.86. The van der Waals surface area contributed by atoms with E-state index in [1.54, 1.807) is 0 Å². The zero-order chi connectivity index (χ0) is 18.1. The molecule has 4 rings (SSSR count). The van der Waals surface area contributed by atoms with Crippen LogP contribution in [0, 0.1) is 13.8 Å². The van der Waals surface area contributed by atoms with Crippen molar-refractivity contribution in [3.8, 4) is 11.5 Å². The lowest BCUT2D eigenvalue weighted by molar-refractivity contribution is 0.563. The molecule has 5 nitrogen and oxygen atoms in total. The number of nitrogens with one attached hydrogen (secondary N) is 1. The second-order valence-corrected chi connectivity index (χ2v) is 7.22. The largest absolute Gasteiger partial charge is 0.322 e. The zero-order valence-corrected chi connectivity index (χ0v) is 15.9. The van der Waals surface area contributed by atoms with Crippen molar-refractivity contribution >= 4 is 0 Å². The van der Waals surface area contributed by atoms with Crippen LogP contribution in [0.25, 0.3) is 11.5 Å². The van der Waals surface area contributed by atoms with Crippen LogP contribution in [0.2, 0.25) is 0 Å². The highest BCUT2D eigenvalue weighted by Gasteiger charge is 2.21. The van der Waals surface area contributed by atoms with E-state index in [2.05, 4.69) is 70.8 Å². The topological polar surface area (TPSA) is 47.7 Å². The van der Waals surface area contributed by atoms with E-state index < -0.39 is 0 Å². The first-order valence-corrected chi connectivity index (χ1v) is 9.55. The van der Waals surface area contributed by atoms with E-state index in [0.29, 0.717) is 0 Å². The number of aryl methyl sites for hydroxylation is 3. The first kappa shape index (κ1) is 17.0. The van der Waals surface area contributed by atoms with Crippen LogP contribution in [-0.2, 0) is 13.1 Å². The molecule has 0 saturated carbocycles. The molecule has 136 valence electrons. The summed E-state index contributed by atoms with van der Waals surface area (Å²) in [7, 11) is 0. The Hall–Kier alpha value is -2.40. The van der Waals surface area contributed by atoms with E-state index in [9.17, 15) is 0 Å². The number of aromatic nitrogens is 4. The maximum absolute atomic E-state index is 4.85. The quantitative estimate of drug-likeness (QED) is 0.778. The van der Waals surface area contributed by atoms with Gasteiger partial charge in [0.2, 0.25) is 0 Å². The Morgan fingerprint density at radius 1 is 1.23 bits per heavy atom. The minimum Gasteiger partial charge on any atom is -0.322 e. The van der Waals surface area contributed by atoms with Crippen molar-refractivity contribution in [3.63, 3.8) is 0 Å². The van der Waals surface area contributed by atoms with Gasteiger partial charge in [0, 0.05) is 25.5 Å². The Morgan fingerprint density at radius 3 is 2.92 bits per heavy atom. The van der Waals surface area contributed by atoms with Gasteiger partial charge in [0.1, 0.15) is 5.69 Å². The first-order valence-electron chi connectivity index (χ1n) is 9.55. The molecule has 0 aliphatic carbocycles. The number of hydrogen-bond donors (Lipinski definition) is 1. The number of benzene rings is 1. The van der Waals surface area contributed by atoms with E-state index in [-0.39, 0.29) is 6.04 Å². The van der Waals surface area contributed by atoms with E-state index >= 15 is 0 Å². The molecule has 1 atom stereocenters. The molecule has 0 saturated heterocycles. The van der Waals surface area contributed by atoms with Gasteiger partial charge in [-0.2, -0.15) is 5.10 Å². The number of rotatable bonds is 4. The summed E-state index contributed by atoms with van der Waals surface area (Å²) in [5, 5.41) is 8.32. The van der Waals surface area contributed by atoms with Crippen molar-refractivity contribution in [2.75, 3.05) is 6.54 Å². The monoisotopic (exact) mass is 349 g/mol. The molecule has 3 aromatic rings. The summed E-state index contributed by atoms with van der Waals surface area (Å²) in [6, 6.07) is 9.18. The molecule has 1 N–H and O–H groups in total. The fourth-order valence-electron chi connectivity index (χ4n) is 4.00. The Labute approximate surface area is 155 Å². The van der Waals surface area contributed by atoms with Crippen LogP contribution in [0.5, 0.6) is 0 Å². The molecule has 0 unspecified atom stereocenters. The zero-order valence-electron chi connectivity index (χ0n) is 15.9. The highest BCUT2D eigenvalue weighted by molar-refractivity contribution is 5.51. The van der Waals surface area contributed by atoms with Crippen LogP contribution in [-0.4, -0.2) is 25.9 Å². The fourth-order valence-corrected chi connectivity index (χ4v) is 4.00. The van der Waals surface area contributed by atoms with Crippen LogP contribution in [0.1, 0.15) is 48.2 Å². The summed E-state index contributed by atoms with van der Waals surface area (Å²) in [5.41, 5.74) is 6.21. The Morgan fingerprint density at radius 2 is 2.12 bits per heavy atom. The maximum Gasteiger partial charge on any atom is 0.161 e. The molecule has 0 amide bonds. The maximum atomic E-state index is 4.85. The second-order valence-electron chi connectivity index (χ2n) is 7.22. The van der Waals surface area contributed by atoms with Gasteiger partial charge in [0.05, 0.1) is 11.7 Å². The van der Waals surface area contributed by atoms with Crippen LogP contribution in [0.3, 0.4) is 0 Å². The summed E-state index contributed by atoms with van der Waals surface area (Å²) in [6.45, 7) is 9.48. The third-order valence-electron chi connectivity index (χ3n) is 5.30. The molecule has 5 heteroatoms. The summed E-state index contributed by atoms with van der Waals surface area (Å²) in [6.07, 6.45) is 6.11. The number of nitrogens with zero attached hydrogens (tertiary/aromatic N) is 4. The SMILES string of the molecule is CC[C@@H](c1ccc(C)cc1C)n1ccnc1-c1cc2n(n1)CCCNC2. The molecule has 0 radical (unpaired) electrons. The van der Waals surface area contributed by atoms with E-state index in [0.717, 1.165) is 44.0 Å². The molecule has 0 bridgehead atoms.